The van der Waals surface area contributed by atoms with Gasteiger partial charge >= 0.3 is 0 Å². The standard InChI is InChI=1S/C11H23N3O2S/c1-9-5-2-3-8-14(9)17(15,16)13-11-7-4-6-10(11)12/h9-11,13H,2-8,12H2,1H3. The zero-order valence-electron chi connectivity index (χ0n) is 10.4. The van der Waals surface area contributed by atoms with Gasteiger partial charge in [0.05, 0.1) is 0 Å². The molecule has 1 saturated carbocycles. The summed E-state index contributed by atoms with van der Waals surface area (Å²) in [5, 5.41) is 0. The fraction of sp³-hybridized carbons (Fsp3) is 1.00. The average molecular weight is 261 g/mol. The van der Waals surface area contributed by atoms with Crippen LogP contribution in [0.2, 0.25) is 0 Å². The van der Waals surface area contributed by atoms with Gasteiger partial charge in [0.1, 0.15) is 0 Å². The van der Waals surface area contributed by atoms with Gasteiger partial charge in [-0.25, -0.2) is 0 Å². The summed E-state index contributed by atoms with van der Waals surface area (Å²) in [6.07, 6.45) is 5.84. The minimum atomic E-state index is -3.35. The molecule has 3 atom stereocenters. The molecule has 0 aromatic carbocycles. The molecule has 2 rings (SSSR count). The van der Waals surface area contributed by atoms with Gasteiger partial charge in [0.15, 0.2) is 0 Å². The lowest BCUT2D eigenvalue weighted by Gasteiger charge is -2.33. The summed E-state index contributed by atoms with van der Waals surface area (Å²) in [6, 6.07) is 0.0119. The number of nitrogens with two attached hydrogens (primary N) is 1. The number of nitrogens with zero attached hydrogens (tertiary/aromatic N) is 1. The molecule has 6 heteroatoms. The van der Waals surface area contributed by atoms with E-state index < -0.39 is 10.2 Å². The molecule has 17 heavy (non-hydrogen) atoms. The lowest BCUT2D eigenvalue weighted by atomic mass is 10.1. The molecule has 0 aromatic heterocycles. The third kappa shape index (κ3) is 2.99. The predicted molar refractivity (Wildman–Crippen MR) is 67.7 cm³/mol. The van der Waals surface area contributed by atoms with Gasteiger partial charge in [0.25, 0.3) is 10.2 Å². The first-order valence-electron chi connectivity index (χ1n) is 6.55. The Morgan fingerprint density at radius 2 is 1.94 bits per heavy atom. The van der Waals surface area contributed by atoms with Crippen molar-refractivity contribution in [1.82, 2.24) is 9.03 Å². The zero-order chi connectivity index (χ0) is 12.5. The van der Waals surface area contributed by atoms with Crippen LogP contribution in [0, 0.1) is 0 Å². The van der Waals surface area contributed by atoms with Crippen molar-refractivity contribution in [3.05, 3.63) is 0 Å². The zero-order valence-corrected chi connectivity index (χ0v) is 11.2. The Morgan fingerprint density at radius 3 is 2.53 bits per heavy atom. The summed E-state index contributed by atoms with van der Waals surface area (Å²) in [7, 11) is -3.35. The van der Waals surface area contributed by atoms with Crippen LogP contribution in [0.5, 0.6) is 0 Å². The van der Waals surface area contributed by atoms with Crippen LogP contribution in [0.25, 0.3) is 0 Å². The van der Waals surface area contributed by atoms with Crippen LogP contribution in [-0.4, -0.2) is 37.4 Å². The van der Waals surface area contributed by atoms with Gasteiger partial charge in [-0.3, -0.25) is 0 Å². The Morgan fingerprint density at radius 1 is 1.18 bits per heavy atom. The summed E-state index contributed by atoms with van der Waals surface area (Å²) in [4.78, 5) is 0. The molecule has 2 fully saturated rings. The third-order valence-corrected chi connectivity index (χ3v) is 5.68. The van der Waals surface area contributed by atoms with Gasteiger partial charge in [0.2, 0.25) is 0 Å². The lowest BCUT2D eigenvalue weighted by molar-refractivity contribution is 0.263. The SMILES string of the molecule is CC1CCCCN1S(=O)(=O)NC1CCCC1N. The smallest absolute Gasteiger partial charge is 0.279 e. The molecule has 0 amide bonds. The average Bonchev–Trinajstić information content (AvgIpc) is 2.64. The fourth-order valence-electron chi connectivity index (χ4n) is 2.82. The van der Waals surface area contributed by atoms with Crippen LogP contribution in [0.15, 0.2) is 0 Å². The van der Waals surface area contributed by atoms with Gasteiger partial charge in [-0.15, -0.1) is 0 Å². The molecule has 1 saturated heterocycles. The second-order valence-corrected chi connectivity index (χ2v) is 6.93. The number of piperidine rings is 1. The van der Waals surface area contributed by atoms with Crippen LogP contribution in [-0.2, 0) is 10.2 Å². The number of hydrogen-bond donors (Lipinski definition) is 2. The molecule has 5 nitrogen and oxygen atoms in total. The Kier molecular flexibility index (Phi) is 4.07. The topological polar surface area (TPSA) is 75.4 Å². The molecule has 1 aliphatic carbocycles. The van der Waals surface area contributed by atoms with E-state index in [9.17, 15) is 8.42 Å². The van der Waals surface area contributed by atoms with Crippen molar-refractivity contribution < 1.29 is 8.42 Å². The molecule has 100 valence electrons. The van der Waals surface area contributed by atoms with E-state index in [1.807, 2.05) is 6.92 Å². The van der Waals surface area contributed by atoms with Gasteiger partial charge in [-0.1, -0.05) is 12.8 Å². The van der Waals surface area contributed by atoms with E-state index in [-0.39, 0.29) is 18.1 Å². The van der Waals surface area contributed by atoms with Gasteiger partial charge in [-0.2, -0.15) is 17.4 Å². The van der Waals surface area contributed by atoms with Crippen LogP contribution in [0.4, 0.5) is 0 Å². The second-order valence-electron chi connectivity index (χ2n) is 5.28. The van der Waals surface area contributed by atoms with Crippen molar-refractivity contribution in [1.29, 1.82) is 0 Å². The third-order valence-electron chi connectivity index (χ3n) is 3.92. The molecule has 1 heterocycles. The van der Waals surface area contributed by atoms with E-state index in [2.05, 4.69) is 4.72 Å². The van der Waals surface area contributed by atoms with Crippen molar-refractivity contribution in [3.8, 4) is 0 Å². The Balaban J connectivity index is 2.02. The molecule has 2 aliphatic rings. The predicted octanol–water partition coefficient (Wildman–Crippen LogP) is 0.575. The highest BCUT2D eigenvalue weighted by molar-refractivity contribution is 7.87. The molecule has 3 N–H and O–H groups in total. The van der Waals surface area contributed by atoms with E-state index in [0.29, 0.717) is 6.54 Å². The maximum Gasteiger partial charge on any atom is 0.279 e. The van der Waals surface area contributed by atoms with Crippen LogP contribution in [0.3, 0.4) is 0 Å². The molecule has 0 aromatic rings. The normalized spacial score (nSPS) is 36.2. The highest BCUT2D eigenvalue weighted by Gasteiger charge is 2.34. The summed E-state index contributed by atoms with van der Waals surface area (Å²) in [5.41, 5.74) is 5.90. The first-order valence-corrected chi connectivity index (χ1v) is 7.99. The molecule has 0 spiro atoms. The summed E-state index contributed by atoms with van der Waals surface area (Å²) >= 11 is 0. The molecular weight excluding hydrogens is 238 g/mol. The number of nitrogens with one attached hydrogen (secondary N) is 1. The van der Waals surface area contributed by atoms with E-state index in [0.717, 1.165) is 38.5 Å². The Bertz CT molecular complexity index is 358. The molecular formula is C11H23N3O2S. The first-order chi connectivity index (χ1) is 8.00. The van der Waals surface area contributed by atoms with Gasteiger partial charge in [-0.05, 0) is 32.6 Å². The largest absolute Gasteiger partial charge is 0.326 e. The van der Waals surface area contributed by atoms with Crippen LogP contribution < -0.4 is 10.5 Å². The summed E-state index contributed by atoms with van der Waals surface area (Å²) in [6.45, 7) is 2.62. The molecule has 1 aliphatic heterocycles. The monoisotopic (exact) mass is 261 g/mol. The second kappa shape index (κ2) is 5.22. The van der Waals surface area contributed by atoms with E-state index >= 15 is 0 Å². The van der Waals surface area contributed by atoms with E-state index in [1.165, 1.54) is 0 Å². The Hall–Kier alpha value is -0.170. The number of rotatable bonds is 3. The van der Waals surface area contributed by atoms with Crippen molar-refractivity contribution in [2.45, 2.75) is 63.6 Å². The van der Waals surface area contributed by atoms with Crippen molar-refractivity contribution >= 4 is 10.2 Å². The van der Waals surface area contributed by atoms with E-state index in [4.69, 9.17) is 5.73 Å². The molecule has 3 unspecified atom stereocenters. The first kappa shape index (κ1) is 13.3. The van der Waals surface area contributed by atoms with Crippen molar-refractivity contribution in [2.24, 2.45) is 5.73 Å². The summed E-state index contributed by atoms with van der Waals surface area (Å²) < 4.78 is 28.9. The quantitative estimate of drug-likeness (QED) is 0.780. The molecule has 0 radical (unpaired) electrons. The van der Waals surface area contributed by atoms with Crippen LogP contribution in [0.1, 0.15) is 45.4 Å². The fourth-order valence-corrected chi connectivity index (χ4v) is 4.58. The van der Waals surface area contributed by atoms with Crippen LogP contribution >= 0.6 is 0 Å². The lowest BCUT2D eigenvalue weighted by Crippen LogP contribution is -2.53. The van der Waals surface area contributed by atoms with Crippen molar-refractivity contribution in [3.63, 3.8) is 0 Å². The maximum absolute atomic E-state index is 12.3. The van der Waals surface area contributed by atoms with Gasteiger partial charge < -0.3 is 5.73 Å². The summed E-state index contributed by atoms with van der Waals surface area (Å²) in [5.74, 6) is 0. The maximum atomic E-state index is 12.3. The molecule has 0 bridgehead atoms. The number of hydrogen-bond acceptors (Lipinski definition) is 3. The Labute approximate surface area is 104 Å². The highest BCUT2D eigenvalue weighted by atomic mass is 32.2. The minimum Gasteiger partial charge on any atom is -0.326 e. The minimum absolute atomic E-state index is 0.0233. The van der Waals surface area contributed by atoms with Crippen molar-refractivity contribution in [2.75, 3.05) is 6.54 Å². The van der Waals surface area contributed by atoms with E-state index in [1.54, 1.807) is 4.31 Å². The van der Waals surface area contributed by atoms with Gasteiger partial charge in [0, 0.05) is 24.7 Å². The highest BCUT2D eigenvalue weighted by Crippen LogP contribution is 2.22.